The molecule has 0 bridgehead atoms. The van der Waals surface area contributed by atoms with Crippen LogP contribution < -0.4 is 0 Å². The van der Waals surface area contributed by atoms with E-state index in [2.05, 4.69) is 95.9 Å². The fraction of sp³-hybridized carbons (Fsp3) is 0.280. The van der Waals surface area contributed by atoms with Crippen molar-refractivity contribution in [1.82, 2.24) is 4.90 Å². The van der Waals surface area contributed by atoms with Gasteiger partial charge in [-0.05, 0) is 36.5 Å². The number of hydrogen-bond donors (Lipinski definition) is 1. The molecule has 0 aromatic heterocycles. The van der Waals surface area contributed by atoms with Crippen LogP contribution in [0.3, 0.4) is 0 Å². The van der Waals surface area contributed by atoms with Gasteiger partial charge in [-0.2, -0.15) is 0 Å². The van der Waals surface area contributed by atoms with Crippen molar-refractivity contribution in [3.05, 3.63) is 108 Å². The highest BCUT2D eigenvalue weighted by Gasteiger charge is 2.47. The van der Waals surface area contributed by atoms with E-state index in [-0.39, 0.29) is 12.1 Å². The zero-order chi connectivity index (χ0) is 18.7. The first-order valence-electron chi connectivity index (χ1n) is 9.86. The Kier molecular flexibility index (Phi) is 5.11. The minimum absolute atomic E-state index is 0.130. The fourth-order valence-electron chi connectivity index (χ4n) is 4.75. The molecule has 4 rings (SSSR count). The van der Waals surface area contributed by atoms with Gasteiger partial charge in [-0.1, -0.05) is 91.0 Å². The average Bonchev–Trinajstić information content (AvgIpc) is 3.22. The summed E-state index contributed by atoms with van der Waals surface area (Å²) in [6.07, 6.45) is 1.75. The van der Waals surface area contributed by atoms with Crippen LogP contribution >= 0.6 is 0 Å². The summed E-state index contributed by atoms with van der Waals surface area (Å²) in [5, 5.41) is 10.6. The maximum atomic E-state index is 10.6. The van der Waals surface area contributed by atoms with Crippen molar-refractivity contribution in [1.29, 1.82) is 0 Å². The Morgan fingerprint density at radius 2 is 1.19 bits per heavy atom. The van der Waals surface area contributed by atoms with Crippen molar-refractivity contribution in [2.75, 3.05) is 6.54 Å². The van der Waals surface area contributed by atoms with Gasteiger partial charge in [0.05, 0.1) is 11.6 Å². The van der Waals surface area contributed by atoms with Gasteiger partial charge in [0.1, 0.15) is 0 Å². The fourth-order valence-corrected chi connectivity index (χ4v) is 4.75. The quantitative estimate of drug-likeness (QED) is 0.662. The van der Waals surface area contributed by atoms with E-state index in [4.69, 9.17) is 0 Å². The molecular weight excluding hydrogens is 330 g/mol. The van der Waals surface area contributed by atoms with Crippen LogP contribution in [0.5, 0.6) is 0 Å². The van der Waals surface area contributed by atoms with Gasteiger partial charge < -0.3 is 5.11 Å². The Balaban J connectivity index is 2.04. The molecule has 1 saturated heterocycles. The van der Waals surface area contributed by atoms with Crippen LogP contribution in [0, 0.1) is 0 Å². The minimum Gasteiger partial charge on any atom is -0.392 e. The summed E-state index contributed by atoms with van der Waals surface area (Å²) in [7, 11) is 0. The van der Waals surface area contributed by atoms with Crippen LogP contribution in [-0.4, -0.2) is 28.7 Å². The van der Waals surface area contributed by atoms with E-state index in [1.807, 2.05) is 6.92 Å². The zero-order valence-corrected chi connectivity index (χ0v) is 15.8. The minimum atomic E-state index is -0.415. The summed E-state index contributed by atoms with van der Waals surface area (Å²) in [6, 6.07) is 32.3. The Morgan fingerprint density at radius 3 is 1.56 bits per heavy atom. The molecular formula is C25H27NO. The molecule has 138 valence electrons. The molecule has 0 unspecified atom stereocenters. The molecule has 0 spiro atoms. The second kappa shape index (κ2) is 7.67. The molecule has 0 radical (unpaired) electrons. The molecule has 0 amide bonds. The zero-order valence-electron chi connectivity index (χ0n) is 15.8. The lowest BCUT2D eigenvalue weighted by Crippen LogP contribution is -2.53. The first kappa shape index (κ1) is 18.0. The van der Waals surface area contributed by atoms with Crippen LogP contribution in [-0.2, 0) is 5.54 Å². The molecule has 2 heteroatoms. The van der Waals surface area contributed by atoms with Gasteiger partial charge in [0.25, 0.3) is 0 Å². The highest BCUT2D eigenvalue weighted by molar-refractivity contribution is 5.50. The van der Waals surface area contributed by atoms with E-state index in [0.29, 0.717) is 0 Å². The van der Waals surface area contributed by atoms with Crippen LogP contribution in [0.2, 0.25) is 0 Å². The molecule has 2 nitrogen and oxygen atoms in total. The molecule has 0 aliphatic carbocycles. The molecule has 1 N–H and O–H groups in total. The molecule has 1 aliphatic rings. The predicted octanol–water partition coefficient (Wildman–Crippen LogP) is 4.82. The third-order valence-electron chi connectivity index (χ3n) is 5.86. The van der Waals surface area contributed by atoms with E-state index in [1.165, 1.54) is 16.7 Å². The summed E-state index contributed by atoms with van der Waals surface area (Å²) >= 11 is 0. The Hall–Kier alpha value is -2.42. The van der Waals surface area contributed by atoms with Crippen molar-refractivity contribution < 1.29 is 5.11 Å². The van der Waals surface area contributed by atoms with E-state index in [0.717, 1.165) is 19.4 Å². The Bertz CT molecular complexity index is 749. The predicted molar refractivity (Wildman–Crippen MR) is 111 cm³/mol. The van der Waals surface area contributed by atoms with Gasteiger partial charge in [0.2, 0.25) is 0 Å². The van der Waals surface area contributed by atoms with Crippen molar-refractivity contribution >= 4 is 0 Å². The van der Waals surface area contributed by atoms with Crippen LogP contribution in [0.1, 0.15) is 36.5 Å². The van der Waals surface area contributed by atoms with Gasteiger partial charge in [0.15, 0.2) is 0 Å². The van der Waals surface area contributed by atoms with Crippen molar-refractivity contribution in [3.8, 4) is 0 Å². The van der Waals surface area contributed by atoms with Crippen LogP contribution in [0.25, 0.3) is 0 Å². The molecule has 1 fully saturated rings. The third-order valence-corrected chi connectivity index (χ3v) is 5.86. The van der Waals surface area contributed by atoms with E-state index in [9.17, 15) is 5.11 Å². The standard InChI is InChI=1S/C25H27NO/c1-20(27)24-18-11-19-26(24)25(21-12-5-2-6-13-21,22-14-7-3-8-15-22)23-16-9-4-10-17-23/h2-10,12-17,20,24,27H,11,18-19H2,1H3/t20-,24+/m1/s1. The number of nitrogens with zero attached hydrogens (tertiary/aromatic N) is 1. The highest BCUT2D eigenvalue weighted by Crippen LogP contribution is 2.46. The van der Waals surface area contributed by atoms with Gasteiger partial charge in [-0.3, -0.25) is 4.90 Å². The third kappa shape index (κ3) is 3.09. The highest BCUT2D eigenvalue weighted by atomic mass is 16.3. The molecule has 1 heterocycles. The number of benzene rings is 3. The summed E-state index contributed by atoms with van der Waals surface area (Å²) in [5.74, 6) is 0. The monoisotopic (exact) mass is 357 g/mol. The molecule has 2 atom stereocenters. The lowest BCUT2D eigenvalue weighted by molar-refractivity contribution is 0.0435. The number of aliphatic hydroxyl groups is 1. The lowest BCUT2D eigenvalue weighted by atomic mass is 9.75. The Morgan fingerprint density at radius 1 is 0.778 bits per heavy atom. The van der Waals surface area contributed by atoms with Gasteiger partial charge in [-0.15, -0.1) is 0 Å². The smallest absolute Gasteiger partial charge is 0.0976 e. The Labute approximate surface area is 162 Å². The summed E-state index contributed by atoms with van der Waals surface area (Å²) in [4.78, 5) is 2.53. The van der Waals surface area contributed by atoms with Gasteiger partial charge >= 0.3 is 0 Å². The number of rotatable bonds is 5. The van der Waals surface area contributed by atoms with E-state index >= 15 is 0 Å². The summed E-state index contributed by atoms with van der Waals surface area (Å²) < 4.78 is 0. The maximum Gasteiger partial charge on any atom is 0.0976 e. The maximum absolute atomic E-state index is 10.6. The first-order valence-corrected chi connectivity index (χ1v) is 9.86. The molecule has 27 heavy (non-hydrogen) atoms. The van der Waals surface area contributed by atoms with E-state index in [1.54, 1.807) is 0 Å². The molecule has 0 saturated carbocycles. The summed E-state index contributed by atoms with van der Waals surface area (Å²) in [5.41, 5.74) is 3.32. The SMILES string of the molecule is C[C@@H](O)[C@@H]1CCCN1C(c1ccccc1)(c1ccccc1)c1ccccc1. The summed E-state index contributed by atoms with van der Waals surface area (Å²) in [6.45, 7) is 2.89. The van der Waals surface area contributed by atoms with Crippen LogP contribution in [0.15, 0.2) is 91.0 Å². The van der Waals surface area contributed by atoms with Crippen molar-refractivity contribution in [2.24, 2.45) is 0 Å². The second-order valence-corrected chi connectivity index (χ2v) is 7.45. The number of aliphatic hydroxyl groups excluding tert-OH is 1. The molecule has 1 aliphatic heterocycles. The first-order chi connectivity index (χ1) is 13.2. The van der Waals surface area contributed by atoms with Gasteiger partial charge in [0, 0.05) is 12.6 Å². The normalized spacial score (nSPS) is 19.1. The van der Waals surface area contributed by atoms with E-state index < -0.39 is 5.54 Å². The number of likely N-dealkylation sites (tertiary alicyclic amines) is 1. The van der Waals surface area contributed by atoms with Crippen molar-refractivity contribution in [3.63, 3.8) is 0 Å². The molecule has 3 aromatic rings. The largest absolute Gasteiger partial charge is 0.392 e. The second-order valence-electron chi connectivity index (χ2n) is 7.45. The number of hydrogen-bond acceptors (Lipinski definition) is 2. The lowest BCUT2D eigenvalue weighted by Gasteiger charge is -2.47. The topological polar surface area (TPSA) is 23.5 Å². The average molecular weight is 357 g/mol. The van der Waals surface area contributed by atoms with Crippen LogP contribution in [0.4, 0.5) is 0 Å². The van der Waals surface area contributed by atoms with Gasteiger partial charge in [-0.25, -0.2) is 0 Å². The molecule has 3 aromatic carbocycles. The van der Waals surface area contributed by atoms with Crippen molar-refractivity contribution in [2.45, 2.75) is 37.5 Å².